The van der Waals surface area contributed by atoms with Gasteiger partial charge in [-0.1, -0.05) is 12.1 Å². The maximum atomic E-state index is 11.9. The Labute approximate surface area is 117 Å². The number of amides is 1. The lowest BCUT2D eigenvalue weighted by Crippen LogP contribution is -2.23. The van der Waals surface area contributed by atoms with Gasteiger partial charge in [-0.3, -0.25) is 9.59 Å². The monoisotopic (exact) mass is 279 g/mol. The summed E-state index contributed by atoms with van der Waals surface area (Å²) in [6.45, 7) is 1.22. The Balaban J connectivity index is 2.63. The fourth-order valence-corrected chi connectivity index (χ4v) is 1.41. The molecule has 0 saturated carbocycles. The van der Waals surface area contributed by atoms with E-state index in [1.54, 1.807) is 26.2 Å². The number of para-hydroxylation sites is 1. The van der Waals surface area contributed by atoms with Crippen LogP contribution in [0.5, 0.6) is 5.75 Å². The summed E-state index contributed by atoms with van der Waals surface area (Å²) in [7, 11) is 3.25. The highest BCUT2D eigenvalue weighted by molar-refractivity contribution is 5.93. The molecule has 0 aliphatic heterocycles. The Morgan fingerprint density at radius 3 is 2.40 bits per heavy atom. The van der Waals surface area contributed by atoms with E-state index in [0.717, 1.165) is 0 Å². The van der Waals surface area contributed by atoms with E-state index in [9.17, 15) is 14.4 Å². The van der Waals surface area contributed by atoms with Crippen LogP contribution in [0.1, 0.15) is 23.7 Å². The number of esters is 2. The van der Waals surface area contributed by atoms with Gasteiger partial charge in [0, 0.05) is 21.0 Å². The molecular weight excluding hydrogens is 262 g/mol. The van der Waals surface area contributed by atoms with E-state index in [-0.39, 0.29) is 30.2 Å². The fourth-order valence-electron chi connectivity index (χ4n) is 1.41. The van der Waals surface area contributed by atoms with Crippen LogP contribution in [0.3, 0.4) is 0 Å². The van der Waals surface area contributed by atoms with Crippen LogP contribution >= 0.6 is 0 Å². The first kappa shape index (κ1) is 15.7. The standard InChI is InChI=1S/C14H17NO5/c1-10(16)20-12-7-5-4-6-11(12)14(18)19-9-8-13(17)15(2)3/h4-7H,8-9H2,1-3H3. The second-order valence-electron chi connectivity index (χ2n) is 4.26. The maximum absolute atomic E-state index is 11.9. The van der Waals surface area contributed by atoms with Crippen molar-refractivity contribution in [1.29, 1.82) is 0 Å². The van der Waals surface area contributed by atoms with Gasteiger partial charge in [-0.25, -0.2) is 4.79 Å². The maximum Gasteiger partial charge on any atom is 0.341 e. The molecule has 0 aliphatic rings. The normalized spacial score (nSPS) is 9.75. The van der Waals surface area contributed by atoms with Gasteiger partial charge in [0.2, 0.25) is 5.91 Å². The average Bonchev–Trinajstić information content (AvgIpc) is 2.38. The zero-order chi connectivity index (χ0) is 15.1. The van der Waals surface area contributed by atoms with E-state index in [1.807, 2.05) is 0 Å². The van der Waals surface area contributed by atoms with Crippen LogP contribution in [-0.2, 0) is 14.3 Å². The molecule has 1 aromatic rings. The van der Waals surface area contributed by atoms with Crippen molar-refractivity contribution in [3.05, 3.63) is 29.8 Å². The topological polar surface area (TPSA) is 72.9 Å². The summed E-state index contributed by atoms with van der Waals surface area (Å²) in [6.07, 6.45) is 0.106. The van der Waals surface area contributed by atoms with Gasteiger partial charge < -0.3 is 14.4 Å². The van der Waals surface area contributed by atoms with Gasteiger partial charge in [0.25, 0.3) is 0 Å². The molecule has 0 fully saturated rings. The highest BCUT2D eigenvalue weighted by Gasteiger charge is 2.15. The van der Waals surface area contributed by atoms with Crippen molar-refractivity contribution < 1.29 is 23.9 Å². The minimum Gasteiger partial charge on any atom is -0.461 e. The van der Waals surface area contributed by atoms with Crippen molar-refractivity contribution in [2.24, 2.45) is 0 Å². The van der Waals surface area contributed by atoms with E-state index in [1.165, 1.54) is 24.0 Å². The molecule has 0 atom stereocenters. The number of ether oxygens (including phenoxy) is 2. The van der Waals surface area contributed by atoms with Gasteiger partial charge in [0.1, 0.15) is 17.9 Å². The van der Waals surface area contributed by atoms with Gasteiger partial charge in [0.15, 0.2) is 0 Å². The molecule has 108 valence electrons. The molecular formula is C14H17NO5. The number of carbonyl (C=O) groups is 3. The number of carbonyl (C=O) groups excluding carboxylic acids is 3. The van der Waals surface area contributed by atoms with Crippen LogP contribution in [0.4, 0.5) is 0 Å². The van der Waals surface area contributed by atoms with E-state index < -0.39 is 11.9 Å². The smallest absolute Gasteiger partial charge is 0.341 e. The first-order valence-corrected chi connectivity index (χ1v) is 6.06. The summed E-state index contributed by atoms with van der Waals surface area (Å²) in [5.41, 5.74) is 0.153. The Morgan fingerprint density at radius 2 is 1.80 bits per heavy atom. The zero-order valence-electron chi connectivity index (χ0n) is 11.7. The van der Waals surface area contributed by atoms with Crippen LogP contribution in [0.2, 0.25) is 0 Å². The lowest BCUT2D eigenvalue weighted by atomic mass is 10.2. The summed E-state index contributed by atoms with van der Waals surface area (Å²) in [6, 6.07) is 6.27. The molecule has 20 heavy (non-hydrogen) atoms. The summed E-state index contributed by atoms with van der Waals surface area (Å²) in [4.78, 5) is 35.6. The largest absolute Gasteiger partial charge is 0.461 e. The quantitative estimate of drug-likeness (QED) is 0.599. The summed E-state index contributed by atoms with van der Waals surface area (Å²) in [5.74, 6) is -1.14. The number of benzene rings is 1. The second kappa shape index (κ2) is 7.28. The third-order valence-corrected chi connectivity index (χ3v) is 2.41. The molecule has 0 N–H and O–H groups in total. The average molecular weight is 279 g/mol. The van der Waals surface area contributed by atoms with Gasteiger partial charge in [0.05, 0.1) is 6.42 Å². The van der Waals surface area contributed by atoms with Crippen molar-refractivity contribution in [2.75, 3.05) is 20.7 Å². The van der Waals surface area contributed by atoms with Gasteiger partial charge in [-0.15, -0.1) is 0 Å². The number of rotatable bonds is 5. The Kier molecular flexibility index (Phi) is 5.71. The van der Waals surface area contributed by atoms with Crippen molar-refractivity contribution >= 4 is 17.8 Å². The summed E-state index contributed by atoms with van der Waals surface area (Å²) in [5, 5.41) is 0. The Morgan fingerprint density at radius 1 is 1.15 bits per heavy atom. The summed E-state index contributed by atoms with van der Waals surface area (Å²) >= 11 is 0. The van der Waals surface area contributed by atoms with Gasteiger partial charge in [-0.2, -0.15) is 0 Å². The van der Waals surface area contributed by atoms with Crippen molar-refractivity contribution in [1.82, 2.24) is 4.90 Å². The predicted octanol–water partition coefficient (Wildman–Crippen LogP) is 1.25. The molecule has 1 amide bonds. The molecule has 0 bridgehead atoms. The van der Waals surface area contributed by atoms with Crippen LogP contribution in [0.15, 0.2) is 24.3 Å². The highest BCUT2D eigenvalue weighted by atomic mass is 16.5. The third kappa shape index (κ3) is 4.72. The molecule has 0 saturated heterocycles. The highest BCUT2D eigenvalue weighted by Crippen LogP contribution is 2.19. The molecule has 6 nitrogen and oxygen atoms in total. The van der Waals surface area contributed by atoms with Gasteiger partial charge in [-0.05, 0) is 12.1 Å². The first-order valence-electron chi connectivity index (χ1n) is 6.06. The predicted molar refractivity (Wildman–Crippen MR) is 71.3 cm³/mol. The van der Waals surface area contributed by atoms with Crippen LogP contribution < -0.4 is 4.74 Å². The van der Waals surface area contributed by atoms with E-state index >= 15 is 0 Å². The molecule has 0 spiro atoms. The SMILES string of the molecule is CC(=O)Oc1ccccc1C(=O)OCCC(=O)N(C)C. The molecule has 1 aromatic carbocycles. The first-order chi connectivity index (χ1) is 9.41. The van der Waals surface area contributed by atoms with E-state index in [0.29, 0.717) is 0 Å². The third-order valence-electron chi connectivity index (χ3n) is 2.41. The summed E-state index contributed by atoms with van der Waals surface area (Å²) < 4.78 is 9.91. The lowest BCUT2D eigenvalue weighted by Gasteiger charge is -2.11. The molecule has 0 unspecified atom stereocenters. The Bertz CT molecular complexity index is 510. The molecule has 0 aromatic heterocycles. The number of hydrogen-bond donors (Lipinski definition) is 0. The molecule has 0 radical (unpaired) electrons. The van der Waals surface area contributed by atoms with Crippen molar-refractivity contribution in [3.8, 4) is 5.75 Å². The van der Waals surface area contributed by atoms with Gasteiger partial charge >= 0.3 is 11.9 Å². The molecule has 0 heterocycles. The fraction of sp³-hybridized carbons (Fsp3) is 0.357. The zero-order valence-corrected chi connectivity index (χ0v) is 11.7. The van der Waals surface area contributed by atoms with E-state index in [2.05, 4.69) is 0 Å². The van der Waals surface area contributed by atoms with Crippen LogP contribution in [0.25, 0.3) is 0 Å². The van der Waals surface area contributed by atoms with E-state index in [4.69, 9.17) is 9.47 Å². The number of hydrogen-bond acceptors (Lipinski definition) is 5. The molecule has 0 aliphatic carbocycles. The molecule has 6 heteroatoms. The number of nitrogens with zero attached hydrogens (tertiary/aromatic N) is 1. The molecule has 1 rings (SSSR count). The Hall–Kier alpha value is -2.37. The van der Waals surface area contributed by atoms with Crippen molar-refractivity contribution in [3.63, 3.8) is 0 Å². The minimum absolute atomic E-state index is 0.0236. The van der Waals surface area contributed by atoms with Crippen molar-refractivity contribution in [2.45, 2.75) is 13.3 Å². The van der Waals surface area contributed by atoms with Crippen LogP contribution in [-0.4, -0.2) is 43.4 Å². The lowest BCUT2D eigenvalue weighted by molar-refractivity contribution is -0.132. The van der Waals surface area contributed by atoms with Crippen LogP contribution in [0, 0.1) is 0 Å². The minimum atomic E-state index is -0.631. The second-order valence-corrected chi connectivity index (χ2v) is 4.26.